The standard InChI is InChI=1S/C30H35N3O6/c1-19-13-20(18-36-2)17-33(16-19)29(35)30(10-11-30)28(34)32-21-5-7-22(8-6-21)39-25-9-12-31-24-15-27(38-4)26(37-3)14-23(24)25/h5-9,12,14-15,19-20H,10-11,13,16-18H2,1-4H3,(H,32,34). The Morgan fingerprint density at radius 2 is 1.72 bits per heavy atom. The molecule has 2 heterocycles. The van der Waals surface area contributed by atoms with Crippen LogP contribution in [0.1, 0.15) is 26.2 Å². The molecule has 3 aromatic rings. The zero-order chi connectivity index (χ0) is 27.6. The first-order valence-corrected chi connectivity index (χ1v) is 13.2. The van der Waals surface area contributed by atoms with Crippen molar-refractivity contribution < 1.29 is 28.5 Å². The Morgan fingerprint density at radius 3 is 2.38 bits per heavy atom. The van der Waals surface area contributed by atoms with Crippen molar-refractivity contribution in [3.8, 4) is 23.0 Å². The number of nitrogens with one attached hydrogen (secondary N) is 1. The number of aromatic nitrogens is 1. The number of hydrogen-bond donors (Lipinski definition) is 1. The number of rotatable bonds is 9. The van der Waals surface area contributed by atoms with Gasteiger partial charge in [0.25, 0.3) is 0 Å². The van der Waals surface area contributed by atoms with Crippen molar-refractivity contribution in [2.24, 2.45) is 17.3 Å². The number of amides is 2. The predicted octanol–water partition coefficient (Wildman–Crippen LogP) is 4.89. The van der Waals surface area contributed by atoms with Gasteiger partial charge in [-0.2, -0.15) is 0 Å². The van der Waals surface area contributed by atoms with Crippen molar-refractivity contribution in [2.75, 3.05) is 46.3 Å². The quantitative estimate of drug-likeness (QED) is 0.391. The Labute approximate surface area is 228 Å². The molecule has 39 heavy (non-hydrogen) atoms. The first-order chi connectivity index (χ1) is 18.9. The van der Waals surface area contributed by atoms with Crippen LogP contribution in [0.15, 0.2) is 48.7 Å². The number of methoxy groups -OCH3 is 3. The number of nitrogens with zero attached hydrogens (tertiary/aromatic N) is 2. The van der Waals surface area contributed by atoms with E-state index in [4.69, 9.17) is 18.9 Å². The largest absolute Gasteiger partial charge is 0.493 e. The van der Waals surface area contributed by atoms with Crippen molar-refractivity contribution in [1.29, 1.82) is 0 Å². The summed E-state index contributed by atoms with van der Waals surface area (Å²) < 4.78 is 22.3. The van der Waals surface area contributed by atoms with Crippen LogP contribution in [0.4, 0.5) is 5.69 Å². The van der Waals surface area contributed by atoms with Gasteiger partial charge in [-0.15, -0.1) is 0 Å². The van der Waals surface area contributed by atoms with Crippen molar-refractivity contribution in [1.82, 2.24) is 9.88 Å². The number of piperidine rings is 1. The fourth-order valence-corrected chi connectivity index (χ4v) is 5.49. The summed E-state index contributed by atoms with van der Waals surface area (Å²) in [4.78, 5) is 33.0. The van der Waals surface area contributed by atoms with Crippen molar-refractivity contribution in [2.45, 2.75) is 26.2 Å². The lowest BCUT2D eigenvalue weighted by atomic mass is 9.89. The van der Waals surface area contributed by atoms with E-state index in [9.17, 15) is 9.59 Å². The zero-order valence-corrected chi connectivity index (χ0v) is 22.9. The number of hydrogen-bond acceptors (Lipinski definition) is 7. The summed E-state index contributed by atoms with van der Waals surface area (Å²) in [7, 11) is 4.85. The highest BCUT2D eigenvalue weighted by molar-refractivity contribution is 6.13. The molecular weight excluding hydrogens is 498 g/mol. The van der Waals surface area contributed by atoms with Gasteiger partial charge < -0.3 is 29.2 Å². The number of benzene rings is 2. The fourth-order valence-electron chi connectivity index (χ4n) is 5.49. The average Bonchev–Trinajstić information content (AvgIpc) is 3.75. The van der Waals surface area contributed by atoms with Crippen molar-refractivity contribution >= 4 is 28.4 Å². The SMILES string of the molecule is COCC1CC(C)CN(C(=O)C2(C(=O)Nc3ccc(Oc4ccnc5cc(OC)c(OC)cc45)cc3)CC2)C1. The molecule has 9 nitrogen and oxygen atoms in total. The first kappa shape index (κ1) is 26.7. The minimum absolute atomic E-state index is 0.0655. The average molecular weight is 534 g/mol. The van der Waals surface area contributed by atoms with Gasteiger partial charge in [0, 0.05) is 49.5 Å². The van der Waals surface area contributed by atoms with E-state index in [1.165, 1.54) is 0 Å². The highest BCUT2D eigenvalue weighted by Crippen LogP contribution is 2.49. The van der Waals surface area contributed by atoms with E-state index in [0.717, 1.165) is 11.8 Å². The lowest BCUT2D eigenvalue weighted by Gasteiger charge is -2.38. The van der Waals surface area contributed by atoms with Crippen molar-refractivity contribution in [3.05, 3.63) is 48.7 Å². The fraction of sp³-hybridized carbons (Fsp3) is 0.433. The van der Waals surface area contributed by atoms with Crippen LogP contribution in [0.25, 0.3) is 10.9 Å². The minimum Gasteiger partial charge on any atom is -0.493 e. The molecule has 1 saturated heterocycles. The Hall–Kier alpha value is -3.85. The number of ether oxygens (including phenoxy) is 4. The van der Waals surface area contributed by atoms with Gasteiger partial charge in [0.2, 0.25) is 11.8 Å². The maximum atomic E-state index is 13.4. The second-order valence-electron chi connectivity index (χ2n) is 10.6. The smallest absolute Gasteiger partial charge is 0.240 e. The predicted molar refractivity (Wildman–Crippen MR) is 147 cm³/mol. The van der Waals surface area contributed by atoms with Crippen LogP contribution < -0.4 is 19.5 Å². The van der Waals surface area contributed by atoms with Gasteiger partial charge in [0.05, 0.1) is 26.3 Å². The monoisotopic (exact) mass is 533 g/mol. The summed E-state index contributed by atoms with van der Waals surface area (Å²) in [6, 6.07) is 12.5. The Morgan fingerprint density at radius 1 is 1.00 bits per heavy atom. The molecule has 1 aliphatic heterocycles. The molecule has 5 rings (SSSR count). The maximum Gasteiger partial charge on any atom is 0.240 e. The van der Waals surface area contributed by atoms with Gasteiger partial charge >= 0.3 is 0 Å². The van der Waals surface area contributed by atoms with E-state index in [1.54, 1.807) is 63.9 Å². The molecule has 0 spiro atoms. The van der Waals surface area contributed by atoms with Gasteiger partial charge in [-0.1, -0.05) is 6.92 Å². The number of anilines is 1. The maximum absolute atomic E-state index is 13.4. The Bertz CT molecular complexity index is 1350. The molecule has 1 saturated carbocycles. The lowest BCUT2D eigenvalue weighted by Crippen LogP contribution is -2.50. The molecule has 2 amide bonds. The third-order valence-electron chi connectivity index (χ3n) is 7.58. The highest BCUT2D eigenvalue weighted by atomic mass is 16.5. The van der Waals surface area contributed by atoms with E-state index in [1.807, 2.05) is 11.0 Å². The second kappa shape index (κ2) is 11.1. The molecule has 2 atom stereocenters. The summed E-state index contributed by atoms with van der Waals surface area (Å²) in [6.07, 6.45) is 3.84. The van der Waals surface area contributed by atoms with Crippen molar-refractivity contribution in [3.63, 3.8) is 0 Å². The normalized spacial score (nSPS) is 19.8. The second-order valence-corrected chi connectivity index (χ2v) is 10.6. The van der Waals surface area contributed by atoms with Gasteiger partial charge in [0.15, 0.2) is 11.5 Å². The van der Waals surface area contributed by atoms with E-state index in [0.29, 0.717) is 78.6 Å². The first-order valence-electron chi connectivity index (χ1n) is 13.2. The summed E-state index contributed by atoms with van der Waals surface area (Å²) in [5.41, 5.74) is 0.353. The topological polar surface area (TPSA) is 99.2 Å². The molecule has 2 aromatic carbocycles. The van der Waals surface area contributed by atoms with E-state index in [2.05, 4.69) is 17.2 Å². The minimum atomic E-state index is -0.972. The number of carbonyl (C=O) groups is 2. The third kappa shape index (κ3) is 5.49. The van der Waals surface area contributed by atoms with Crippen LogP contribution in [-0.4, -0.2) is 62.7 Å². The van der Waals surface area contributed by atoms with Crippen LogP contribution in [0.3, 0.4) is 0 Å². The molecule has 1 aromatic heterocycles. The summed E-state index contributed by atoms with van der Waals surface area (Å²) in [5.74, 6) is 2.75. The molecule has 2 unspecified atom stereocenters. The number of carbonyl (C=O) groups excluding carboxylic acids is 2. The lowest BCUT2D eigenvalue weighted by molar-refractivity contribution is -0.145. The summed E-state index contributed by atoms with van der Waals surface area (Å²) >= 11 is 0. The molecule has 1 aliphatic carbocycles. The van der Waals surface area contributed by atoms with Crippen LogP contribution in [0.2, 0.25) is 0 Å². The molecular formula is C30H35N3O6. The summed E-state index contributed by atoms with van der Waals surface area (Å²) in [5, 5.41) is 3.73. The van der Waals surface area contributed by atoms with E-state index < -0.39 is 5.41 Å². The van der Waals surface area contributed by atoms with E-state index in [-0.39, 0.29) is 11.8 Å². The molecule has 2 aliphatic rings. The zero-order valence-electron chi connectivity index (χ0n) is 22.9. The summed E-state index contributed by atoms with van der Waals surface area (Å²) in [6.45, 7) is 4.09. The molecule has 2 fully saturated rings. The third-order valence-corrected chi connectivity index (χ3v) is 7.58. The van der Waals surface area contributed by atoms with Gasteiger partial charge in [-0.3, -0.25) is 14.6 Å². The highest BCUT2D eigenvalue weighted by Gasteiger charge is 2.58. The Kier molecular flexibility index (Phi) is 7.61. The number of fused-ring (bicyclic) bond motifs is 1. The molecule has 9 heteroatoms. The van der Waals surface area contributed by atoms with Crippen LogP contribution in [-0.2, 0) is 14.3 Å². The molecule has 0 bridgehead atoms. The molecule has 206 valence electrons. The van der Waals surface area contributed by atoms with Crippen LogP contribution in [0, 0.1) is 17.3 Å². The number of pyridine rings is 1. The van der Waals surface area contributed by atoms with E-state index >= 15 is 0 Å². The van der Waals surface area contributed by atoms with Gasteiger partial charge in [0.1, 0.15) is 16.9 Å². The van der Waals surface area contributed by atoms with Crippen LogP contribution in [0.5, 0.6) is 23.0 Å². The van der Waals surface area contributed by atoms with Gasteiger partial charge in [-0.25, -0.2) is 0 Å². The van der Waals surface area contributed by atoms with Crippen LogP contribution >= 0.6 is 0 Å². The Balaban J connectivity index is 1.26. The van der Waals surface area contributed by atoms with Gasteiger partial charge in [-0.05, 0) is 61.6 Å². The molecule has 1 N–H and O–H groups in total. The molecule has 0 radical (unpaired) electrons. The number of likely N-dealkylation sites (tertiary alicyclic amines) is 1.